The van der Waals surface area contributed by atoms with Gasteiger partial charge < -0.3 is 0 Å². The first-order valence-corrected chi connectivity index (χ1v) is 8.84. The number of benzene rings is 1. The fraction of sp³-hybridized carbons (Fsp3) is 0.444. The van der Waals surface area contributed by atoms with Crippen LogP contribution in [0.1, 0.15) is 40.6 Å². The van der Waals surface area contributed by atoms with Crippen molar-refractivity contribution in [2.75, 3.05) is 5.88 Å². The van der Waals surface area contributed by atoms with E-state index >= 15 is 0 Å². The molecule has 0 fully saturated rings. The van der Waals surface area contributed by atoms with Crippen LogP contribution in [0.2, 0.25) is 0 Å². The van der Waals surface area contributed by atoms with E-state index in [2.05, 4.69) is 43.3 Å². The van der Waals surface area contributed by atoms with Crippen LogP contribution in [0, 0.1) is 0 Å². The summed E-state index contributed by atoms with van der Waals surface area (Å²) in [4.78, 5) is 2.97. The Morgan fingerprint density at radius 1 is 1.15 bits per heavy atom. The zero-order chi connectivity index (χ0) is 14.0. The average molecular weight is 305 g/mol. The Hall–Kier alpha value is -0.790. The number of aryl methyl sites for hydroxylation is 2. The van der Waals surface area contributed by atoms with Crippen molar-refractivity contribution in [3.63, 3.8) is 0 Å². The molecule has 0 radical (unpaired) electrons. The molecular formula is C18H21ClS. The Labute approximate surface area is 130 Å². The van der Waals surface area contributed by atoms with E-state index in [0.29, 0.717) is 0 Å². The van der Waals surface area contributed by atoms with Crippen LogP contribution in [0.5, 0.6) is 0 Å². The Morgan fingerprint density at radius 3 is 2.70 bits per heavy atom. The average Bonchev–Trinajstić information content (AvgIpc) is 2.95. The van der Waals surface area contributed by atoms with E-state index in [9.17, 15) is 0 Å². The van der Waals surface area contributed by atoms with E-state index in [0.717, 1.165) is 18.7 Å². The summed E-state index contributed by atoms with van der Waals surface area (Å²) < 4.78 is 0. The van der Waals surface area contributed by atoms with Gasteiger partial charge in [-0.3, -0.25) is 0 Å². The van der Waals surface area contributed by atoms with E-state index in [4.69, 9.17) is 11.6 Å². The molecule has 106 valence electrons. The first-order valence-electron chi connectivity index (χ1n) is 7.49. The molecule has 1 aliphatic carbocycles. The second-order valence-corrected chi connectivity index (χ2v) is 7.34. The fourth-order valence-electron chi connectivity index (χ4n) is 3.42. The molecule has 20 heavy (non-hydrogen) atoms. The summed E-state index contributed by atoms with van der Waals surface area (Å²) in [6, 6.07) is 13.5. The Kier molecular flexibility index (Phi) is 4.18. The third-order valence-electron chi connectivity index (χ3n) is 4.52. The van der Waals surface area contributed by atoms with E-state index in [-0.39, 0.29) is 5.41 Å². The molecule has 1 aromatic carbocycles. The van der Waals surface area contributed by atoms with E-state index in [1.165, 1.54) is 40.1 Å². The molecule has 2 heteroatoms. The number of hydrogen-bond acceptors (Lipinski definition) is 1. The van der Waals surface area contributed by atoms with Crippen LogP contribution in [0.4, 0.5) is 0 Å². The molecule has 2 aromatic rings. The van der Waals surface area contributed by atoms with Crippen LogP contribution >= 0.6 is 22.9 Å². The number of alkyl halides is 1. The van der Waals surface area contributed by atoms with Gasteiger partial charge in [0.05, 0.1) is 0 Å². The second kappa shape index (κ2) is 5.91. The molecule has 1 aliphatic rings. The van der Waals surface area contributed by atoms with Crippen molar-refractivity contribution < 1.29 is 0 Å². The maximum atomic E-state index is 6.46. The van der Waals surface area contributed by atoms with Gasteiger partial charge in [-0.1, -0.05) is 31.2 Å². The first-order chi connectivity index (χ1) is 9.77. The summed E-state index contributed by atoms with van der Waals surface area (Å²) in [6.07, 6.45) is 5.91. The van der Waals surface area contributed by atoms with Crippen molar-refractivity contribution in [2.45, 2.75) is 44.4 Å². The summed E-state index contributed by atoms with van der Waals surface area (Å²) in [5.41, 5.74) is 3.14. The molecule has 0 saturated carbocycles. The van der Waals surface area contributed by atoms with Crippen molar-refractivity contribution in [1.29, 1.82) is 0 Å². The molecular weight excluding hydrogens is 284 g/mol. The van der Waals surface area contributed by atoms with Crippen LogP contribution in [-0.4, -0.2) is 5.88 Å². The largest absolute Gasteiger partial charge is 0.145 e. The molecule has 3 rings (SSSR count). The minimum Gasteiger partial charge on any atom is -0.145 e. The minimum absolute atomic E-state index is 0.145. The highest BCUT2D eigenvalue weighted by molar-refractivity contribution is 7.12. The van der Waals surface area contributed by atoms with Gasteiger partial charge in [0, 0.05) is 21.0 Å². The van der Waals surface area contributed by atoms with Gasteiger partial charge in [0.1, 0.15) is 0 Å². The van der Waals surface area contributed by atoms with Gasteiger partial charge in [0.25, 0.3) is 0 Å². The summed E-state index contributed by atoms with van der Waals surface area (Å²) >= 11 is 8.42. The van der Waals surface area contributed by atoms with E-state index < -0.39 is 0 Å². The maximum Gasteiger partial charge on any atom is 0.0324 e. The maximum absolute atomic E-state index is 6.46. The molecule has 0 bridgehead atoms. The zero-order valence-corrected chi connectivity index (χ0v) is 13.6. The van der Waals surface area contributed by atoms with E-state index in [1.54, 1.807) is 0 Å². The Bertz CT molecular complexity index is 587. The predicted octanol–water partition coefficient (Wildman–Crippen LogP) is 5.37. The lowest BCUT2D eigenvalue weighted by Gasteiger charge is -2.37. The number of hydrogen-bond donors (Lipinski definition) is 0. The third kappa shape index (κ3) is 2.54. The van der Waals surface area contributed by atoms with Crippen LogP contribution in [0.3, 0.4) is 0 Å². The third-order valence-corrected chi connectivity index (χ3v) is 6.27. The normalized spacial score (nSPS) is 21.7. The Morgan fingerprint density at radius 2 is 1.95 bits per heavy atom. The van der Waals surface area contributed by atoms with E-state index in [1.807, 2.05) is 11.3 Å². The summed E-state index contributed by atoms with van der Waals surface area (Å²) in [7, 11) is 0. The van der Waals surface area contributed by atoms with Crippen molar-refractivity contribution in [2.24, 2.45) is 0 Å². The van der Waals surface area contributed by atoms with Gasteiger partial charge in [-0.15, -0.1) is 22.9 Å². The fourth-order valence-corrected chi connectivity index (χ4v) is 4.89. The molecule has 0 amide bonds. The van der Waals surface area contributed by atoms with Crippen molar-refractivity contribution in [1.82, 2.24) is 0 Å². The molecule has 0 N–H and O–H groups in total. The minimum atomic E-state index is 0.145. The highest BCUT2D eigenvalue weighted by Crippen LogP contribution is 2.41. The highest BCUT2D eigenvalue weighted by Gasteiger charge is 2.36. The van der Waals surface area contributed by atoms with Crippen molar-refractivity contribution in [3.8, 4) is 0 Å². The predicted molar refractivity (Wildman–Crippen MR) is 89.2 cm³/mol. The molecule has 1 atom stereocenters. The van der Waals surface area contributed by atoms with Crippen molar-refractivity contribution in [3.05, 3.63) is 57.3 Å². The molecule has 1 unspecified atom stereocenters. The van der Waals surface area contributed by atoms with Crippen molar-refractivity contribution >= 4 is 22.9 Å². The van der Waals surface area contributed by atoms with Gasteiger partial charge in [-0.25, -0.2) is 0 Å². The Balaban J connectivity index is 1.96. The smallest absolute Gasteiger partial charge is 0.0324 e. The zero-order valence-electron chi connectivity index (χ0n) is 12.0. The summed E-state index contributed by atoms with van der Waals surface area (Å²) in [6.45, 7) is 2.23. The van der Waals surface area contributed by atoms with Crippen LogP contribution in [-0.2, 0) is 24.7 Å². The molecule has 0 nitrogen and oxygen atoms in total. The summed E-state index contributed by atoms with van der Waals surface area (Å²) in [5.74, 6) is 0.726. The standard InChI is InChI=1S/C18H21ClS/c1-2-15-9-10-16(20-15)12-18(13-19)11-5-7-14-6-3-4-8-17(14)18/h3-4,6,8-10H,2,5,7,11-13H2,1H3. The monoisotopic (exact) mass is 304 g/mol. The molecule has 0 spiro atoms. The molecule has 1 aromatic heterocycles. The van der Waals surface area contributed by atoms with Gasteiger partial charge in [-0.2, -0.15) is 0 Å². The molecule has 0 aliphatic heterocycles. The lowest BCUT2D eigenvalue weighted by Crippen LogP contribution is -2.35. The van der Waals surface area contributed by atoms with Crippen LogP contribution < -0.4 is 0 Å². The van der Waals surface area contributed by atoms with Gasteiger partial charge >= 0.3 is 0 Å². The number of rotatable bonds is 4. The quantitative estimate of drug-likeness (QED) is 0.666. The molecule has 0 saturated heterocycles. The lowest BCUT2D eigenvalue weighted by molar-refractivity contribution is 0.399. The van der Waals surface area contributed by atoms with Crippen LogP contribution in [0.15, 0.2) is 36.4 Å². The molecule has 1 heterocycles. The first kappa shape index (κ1) is 14.2. The summed E-state index contributed by atoms with van der Waals surface area (Å²) in [5, 5.41) is 0. The topological polar surface area (TPSA) is 0 Å². The van der Waals surface area contributed by atoms with Gasteiger partial charge in [-0.05, 0) is 55.4 Å². The van der Waals surface area contributed by atoms with Crippen LogP contribution in [0.25, 0.3) is 0 Å². The number of thiophene rings is 1. The number of fused-ring (bicyclic) bond motifs is 1. The van der Waals surface area contributed by atoms with Gasteiger partial charge in [0.2, 0.25) is 0 Å². The highest BCUT2D eigenvalue weighted by atomic mass is 35.5. The lowest BCUT2D eigenvalue weighted by atomic mass is 9.69. The SMILES string of the molecule is CCc1ccc(CC2(CCl)CCCc3ccccc32)s1. The number of halogens is 1. The van der Waals surface area contributed by atoms with Gasteiger partial charge in [0.15, 0.2) is 0 Å². The second-order valence-electron chi connectivity index (χ2n) is 5.82.